The summed E-state index contributed by atoms with van der Waals surface area (Å²) in [6, 6.07) is 4.42. The lowest BCUT2D eigenvalue weighted by atomic mass is 9.67. The van der Waals surface area contributed by atoms with Crippen molar-refractivity contribution in [3.05, 3.63) is 27.5 Å². The molecule has 1 aromatic heterocycles. The van der Waals surface area contributed by atoms with Gasteiger partial charge >= 0.3 is 0 Å². The van der Waals surface area contributed by atoms with E-state index in [0.717, 1.165) is 23.2 Å². The minimum atomic E-state index is -0.0416. The molecule has 110 valence electrons. The summed E-state index contributed by atoms with van der Waals surface area (Å²) in [5.41, 5.74) is 1.16. The van der Waals surface area contributed by atoms with Crippen molar-refractivity contribution < 1.29 is 4.74 Å². The highest BCUT2D eigenvalue weighted by molar-refractivity contribution is 9.10. The van der Waals surface area contributed by atoms with E-state index in [2.05, 4.69) is 47.0 Å². The highest BCUT2D eigenvalue weighted by Gasteiger charge is 2.56. The summed E-state index contributed by atoms with van der Waals surface area (Å²) in [5, 5.41) is 4.33. The summed E-state index contributed by atoms with van der Waals surface area (Å²) in [4.78, 5) is 4.18. The number of rotatable bonds is 1. The fourth-order valence-corrected chi connectivity index (χ4v) is 4.37. The molecule has 3 atom stereocenters. The van der Waals surface area contributed by atoms with Gasteiger partial charge in [0.15, 0.2) is 0 Å². The molecule has 3 rings (SSSR count). The van der Waals surface area contributed by atoms with Crippen molar-refractivity contribution >= 4 is 27.5 Å². The van der Waals surface area contributed by atoms with Gasteiger partial charge in [0.05, 0.1) is 12.1 Å². The molecule has 1 N–H and O–H groups in total. The molecule has 2 saturated heterocycles. The second kappa shape index (κ2) is 4.94. The average molecular weight is 360 g/mol. The van der Waals surface area contributed by atoms with Crippen LogP contribution in [0.3, 0.4) is 0 Å². The minimum absolute atomic E-state index is 0.0121. The molecule has 0 aromatic carbocycles. The van der Waals surface area contributed by atoms with Crippen molar-refractivity contribution in [1.82, 2.24) is 10.3 Å². The SMILES string of the molecule is CC(C)(C)C12CCC(COC1c1cc(Cl)nc(Br)c1)N2. The van der Waals surface area contributed by atoms with Gasteiger partial charge in [-0.05, 0) is 51.9 Å². The molecule has 0 saturated carbocycles. The lowest BCUT2D eigenvalue weighted by Crippen LogP contribution is -2.61. The Hall–Kier alpha value is -0.160. The lowest BCUT2D eigenvalue weighted by molar-refractivity contribution is -0.0897. The van der Waals surface area contributed by atoms with Crippen molar-refractivity contribution in [1.29, 1.82) is 0 Å². The van der Waals surface area contributed by atoms with Gasteiger partial charge in [0, 0.05) is 6.04 Å². The maximum Gasteiger partial charge on any atom is 0.130 e. The third-order valence-corrected chi connectivity index (χ3v) is 5.29. The van der Waals surface area contributed by atoms with Crippen LogP contribution in [-0.2, 0) is 4.74 Å². The van der Waals surface area contributed by atoms with Gasteiger partial charge in [0.2, 0.25) is 0 Å². The number of halogens is 2. The van der Waals surface area contributed by atoms with Crippen molar-refractivity contribution in [2.24, 2.45) is 5.41 Å². The predicted molar refractivity (Wildman–Crippen MR) is 84.0 cm³/mol. The molecule has 3 nitrogen and oxygen atoms in total. The summed E-state index contributed by atoms with van der Waals surface area (Å²) < 4.78 is 6.98. The molecule has 2 bridgehead atoms. The highest BCUT2D eigenvalue weighted by Crippen LogP contribution is 2.51. The number of ether oxygens (including phenoxy) is 1. The molecule has 5 heteroatoms. The maximum atomic E-state index is 6.22. The molecular weight excluding hydrogens is 340 g/mol. The van der Waals surface area contributed by atoms with Crippen LogP contribution in [-0.4, -0.2) is 23.2 Å². The van der Waals surface area contributed by atoms with Crippen LogP contribution in [0.5, 0.6) is 0 Å². The monoisotopic (exact) mass is 358 g/mol. The smallest absolute Gasteiger partial charge is 0.130 e. The first-order valence-corrected chi connectivity index (χ1v) is 8.21. The van der Waals surface area contributed by atoms with Gasteiger partial charge in [-0.15, -0.1) is 0 Å². The molecule has 0 spiro atoms. The normalized spacial score (nSPS) is 33.5. The highest BCUT2D eigenvalue weighted by atomic mass is 79.9. The molecule has 3 heterocycles. The second-order valence-corrected chi connectivity index (χ2v) is 8.06. The summed E-state index contributed by atoms with van der Waals surface area (Å²) in [6.07, 6.45) is 2.31. The van der Waals surface area contributed by atoms with Crippen molar-refractivity contribution in [2.75, 3.05) is 6.61 Å². The van der Waals surface area contributed by atoms with E-state index in [9.17, 15) is 0 Å². The first kappa shape index (κ1) is 14.8. The Balaban J connectivity index is 2.06. The first-order valence-electron chi connectivity index (χ1n) is 7.04. The average Bonchev–Trinajstić information content (AvgIpc) is 2.66. The zero-order valence-corrected chi connectivity index (χ0v) is 14.4. The molecule has 0 radical (unpaired) electrons. The van der Waals surface area contributed by atoms with Crippen molar-refractivity contribution in [3.63, 3.8) is 0 Å². The third-order valence-electron chi connectivity index (χ3n) is 4.69. The quantitative estimate of drug-likeness (QED) is 0.766. The van der Waals surface area contributed by atoms with Crippen LogP contribution < -0.4 is 5.32 Å². The molecule has 0 aliphatic carbocycles. The van der Waals surface area contributed by atoms with Gasteiger partial charge in [-0.2, -0.15) is 0 Å². The van der Waals surface area contributed by atoms with Gasteiger partial charge in [0.25, 0.3) is 0 Å². The Labute approximate surface area is 133 Å². The van der Waals surface area contributed by atoms with E-state index in [0.29, 0.717) is 11.2 Å². The van der Waals surface area contributed by atoms with E-state index in [4.69, 9.17) is 16.3 Å². The van der Waals surface area contributed by atoms with Crippen molar-refractivity contribution in [2.45, 2.75) is 51.3 Å². The summed E-state index contributed by atoms with van der Waals surface area (Å²) >= 11 is 9.54. The van der Waals surface area contributed by atoms with Crippen LogP contribution in [0.15, 0.2) is 16.7 Å². The molecule has 3 unspecified atom stereocenters. The molecule has 2 fully saturated rings. The summed E-state index contributed by atoms with van der Waals surface area (Å²) in [7, 11) is 0. The first-order chi connectivity index (χ1) is 9.32. The minimum Gasteiger partial charge on any atom is -0.370 e. The van der Waals surface area contributed by atoms with Gasteiger partial charge < -0.3 is 10.1 Å². The van der Waals surface area contributed by atoms with E-state index in [1.165, 1.54) is 6.42 Å². The summed E-state index contributed by atoms with van der Waals surface area (Å²) in [6.45, 7) is 7.60. The Morgan fingerprint density at radius 2 is 2.20 bits per heavy atom. The zero-order valence-electron chi connectivity index (χ0n) is 12.0. The second-order valence-electron chi connectivity index (χ2n) is 6.86. The number of morpholine rings is 1. The zero-order chi connectivity index (χ0) is 14.5. The number of nitrogens with one attached hydrogen (secondary N) is 1. The predicted octanol–water partition coefficient (Wildman–Crippen LogP) is 4.11. The Morgan fingerprint density at radius 3 is 2.85 bits per heavy atom. The number of fused-ring (bicyclic) bond motifs is 2. The molecule has 20 heavy (non-hydrogen) atoms. The fourth-order valence-electron chi connectivity index (χ4n) is 3.60. The van der Waals surface area contributed by atoms with Crippen molar-refractivity contribution in [3.8, 4) is 0 Å². The Bertz CT molecular complexity index is 511. The van der Waals surface area contributed by atoms with Crippen LogP contribution in [0, 0.1) is 5.41 Å². The number of hydrogen-bond donors (Lipinski definition) is 1. The third kappa shape index (κ3) is 2.31. The standard InChI is InChI=1S/C15H20BrClN2O/c1-14(2,3)15-5-4-10(19-15)8-20-13(15)9-6-11(16)18-12(17)7-9/h6-7,10,13,19H,4-5,8H2,1-3H3. The van der Waals surface area contributed by atoms with E-state index < -0.39 is 0 Å². The lowest BCUT2D eigenvalue weighted by Gasteiger charge is -2.50. The van der Waals surface area contributed by atoms with Crippen LogP contribution in [0.2, 0.25) is 5.15 Å². The maximum absolute atomic E-state index is 6.22. The largest absolute Gasteiger partial charge is 0.370 e. The van der Waals surface area contributed by atoms with Gasteiger partial charge in [-0.25, -0.2) is 4.98 Å². The van der Waals surface area contributed by atoms with Crippen LogP contribution >= 0.6 is 27.5 Å². The number of hydrogen-bond acceptors (Lipinski definition) is 3. The summed E-state index contributed by atoms with van der Waals surface area (Å²) in [5.74, 6) is 0. The molecule has 2 aliphatic heterocycles. The van der Waals surface area contributed by atoms with Crippen LogP contribution in [0.4, 0.5) is 0 Å². The Kier molecular flexibility index (Phi) is 3.65. The topological polar surface area (TPSA) is 34.1 Å². The number of pyridine rings is 1. The van der Waals surface area contributed by atoms with Gasteiger partial charge in [-0.1, -0.05) is 32.4 Å². The van der Waals surface area contributed by atoms with Gasteiger partial charge in [-0.3, -0.25) is 0 Å². The fraction of sp³-hybridized carbons (Fsp3) is 0.667. The van der Waals surface area contributed by atoms with Crippen LogP contribution in [0.25, 0.3) is 0 Å². The molecule has 2 aliphatic rings. The van der Waals surface area contributed by atoms with Gasteiger partial charge in [0.1, 0.15) is 15.9 Å². The molecule has 0 amide bonds. The number of aromatic nitrogens is 1. The van der Waals surface area contributed by atoms with Crippen LogP contribution in [0.1, 0.15) is 45.3 Å². The van der Waals surface area contributed by atoms with E-state index in [-0.39, 0.29) is 17.1 Å². The number of nitrogens with zero attached hydrogens (tertiary/aromatic N) is 1. The van der Waals surface area contributed by atoms with E-state index in [1.54, 1.807) is 0 Å². The van der Waals surface area contributed by atoms with E-state index in [1.807, 2.05) is 12.1 Å². The molecule has 1 aromatic rings. The van der Waals surface area contributed by atoms with E-state index >= 15 is 0 Å². The Morgan fingerprint density at radius 1 is 1.45 bits per heavy atom. The molecular formula is C15H20BrClN2O.